The lowest BCUT2D eigenvalue weighted by molar-refractivity contribution is 0.465. The first kappa shape index (κ1) is 12.5. The Morgan fingerprint density at radius 1 is 1.40 bits per heavy atom. The highest BCUT2D eigenvalue weighted by molar-refractivity contribution is 7.99. The maximum atomic E-state index is 12.9. The molecule has 1 atom stereocenters. The predicted molar refractivity (Wildman–Crippen MR) is 64.8 cm³/mol. The highest BCUT2D eigenvalue weighted by atomic mass is 32.2. The Labute approximate surface area is 95.5 Å². The predicted octanol–water partition coefficient (Wildman–Crippen LogP) is 3.16. The van der Waals surface area contributed by atoms with Crippen LogP contribution in [0.3, 0.4) is 0 Å². The Balaban J connectivity index is 2.49. The van der Waals surface area contributed by atoms with Crippen LogP contribution in [0.25, 0.3) is 0 Å². The Kier molecular flexibility index (Phi) is 5.12. The average Bonchev–Trinajstić information content (AvgIpc) is 2.18. The monoisotopic (exact) mass is 227 g/mol. The molecule has 1 unspecified atom stereocenters. The van der Waals surface area contributed by atoms with E-state index in [-0.39, 0.29) is 5.82 Å². The van der Waals surface area contributed by atoms with Crippen LogP contribution in [0.4, 0.5) is 4.39 Å². The van der Waals surface area contributed by atoms with E-state index in [4.69, 9.17) is 0 Å². The molecule has 0 amide bonds. The van der Waals surface area contributed by atoms with Gasteiger partial charge in [-0.1, -0.05) is 19.9 Å². The number of rotatable bonds is 5. The van der Waals surface area contributed by atoms with E-state index >= 15 is 0 Å². The van der Waals surface area contributed by atoms with Gasteiger partial charge in [0.2, 0.25) is 0 Å². The smallest absolute Gasteiger partial charge is 0.124 e. The van der Waals surface area contributed by atoms with E-state index in [0.717, 1.165) is 10.6 Å². The van der Waals surface area contributed by atoms with Gasteiger partial charge in [0.25, 0.3) is 0 Å². The summed E-state index contributed by atoms with van der Waals surface area (Å²) in [6.45, 7) is 4.38. The molecule has 0 radical (unpaired) electrons. The molecule has 0 aliphatic rings. The number of hydrogen-bond donors (Lipinski definition) is 1. The number of nitrogens with one attached hydrogen (secondary N) is 1. The summed E-state index contributed by atoms with van der Waals surface area (Å²) in [4.78, 5) is 0.996. The second-order valence-corrected chi connectivity index (χ2v) is 5.00. The summed E-state index contributed by atoms with van der Waals surface area (Å²) >= 11 is 1.69. The fraction of sp³-hybridized carbons (Fsp3) is 0.500. The molecule has 0 aliphatic carbocycles. The molecular formula is C12H18FNS. The van der Waals surface area contributed by atoms with Crippen molar-refractivity contribution in [2.75, 3.05) is 12.8 Å². The highest BCUT2D eigenvalue weighted by Gasteiger charge is 2.10. The summed E-state index contributed by atoms with van der Waals surface area (Å²) in [6.07, 6.45) is 0. The van der Waals surface area contributed by atoms with Crippen LogP contribution in [-0.4, -0.2) is 18.8 Å². The molecule has 0 heterocycles. The third-order valence-corrected chi connectivity index (χ3v) is 3.51. The van der Waals surface area contributed by atoms with Gasteiger partial charge in [0.15, 0.2) is 0 Å². The van der Waals surface area contributed by atoms with Crippen molar-refractivity contribution in [2.24, 2.45) is 5.92 Å². The fourth-order valence-electron chi connectivity index (χ4n) is 1.35. The molecule has 0 spiro atoms. The molecule has 0 aliphatic heterocycles. The van der Waals surface area contributed by atoms with Gasteiger partial charge in [0, 0.05) is 16.7 Å². The first-order chi connectivity index (χ1) is 7.13. The van der Waals surface area contributed by atoms with Gasteiger partial charge >= 0.3 is 0 Å². The van der Waals surface area contributed by atoms with Gasteiger partial charge in [-0.15, -0.1) is 11.8 Å². The largest absolute Gasteiger partial charge is 0.316 e. The van der Waals surface area contributed by atoms with Crippen LogP contribution < -0.4 is 5.32 Å². The zero-order valence-corrected chi connectivity index (χ0v) is 10.3. The Bertz CT molecular complexity index is 301. The van der Waals surface area contributed by atoms with Crippen molar-refractivity contribution in [3.63, 3.8) is 0 Å². The van der Waals surface area contributed by atoms with Crippen LogP contribution in [0.2, 0.25) is 0 Å². The SMILES string of the molecule is CNC(CSc1cccc(F)c1)C(C)C. The zero-order chi connectivity index (χ0) is 11.3. The molecule has 1 aromatic rings. The van der Waals surface area contributed by atoms with E-state index in [1.165, 1.54) is 6.07 Å². The topological polar surface area (TPSA) is 12.0 Å². The number of halogens is 1. The maximum Gasteiger partial charge on any atom is 0.124 e. The quantitative estimate of drug-likeness (QED) is 0.775. The molecule has 3 heteroatoms. The lowest BCUT2D eigenvalue weighted by Crippen LogP contribution is -2.32. The zero-order valence-electron chi connectivity index (χ0n) is 9.46. The molecule has 1 rings (SSSR count). The molecule has 0 fully saturated rings. The van der Waals surface area contributed by atoms with Crippen LogP contribution in [-0.2, 0) is 0 Å². The second-order valence-electron chi connectivity index (χ2n) is 3.91. The first-order valence-electron chi connectivity index (χ1n) is 5.19. The lowest BCUT2D eigenvalue weighted by atomic mass is 10.1. The van der Waals surface area contributed by atoms with Crippen LogP contribution in [0.5, 0.6) is 0 Å². The third kappa shape index (κ3) is 4.22. The summed E-state index contributed by atoms with van der Waals surface area (Å²) in [5.74, 6) is 1.40. The van der Waals surface area contributed by atoms with Crippen molar-refractivity contribution in [2.45, 2.75) is 24.8 Å². The normalized spacial score (nSPS) is 13.1. The lowest BCUT2D eigenvalue weighted by Gasteiger charge is -2.19. The van der Waals surface area contributed by atoms with Crippen molar-refractivity contribution in [3.8, 4) is 0 Å². The summed E-state index contributed by atoms with van der Waals surface area (Å²) in [5, 5.41) is 3.27. The molecule has 0 bridgehead atoms. The van der Waals surface area contributed by atoms with E-state index in [2.05, 4.69) is 19.2 Å². The fourth-order valence-corrected chi connectivity index (χ4v) is 2.65. The van der Waals surface area contributed by atoms with Crippen molar-refractivity contribution in [1.29, 1.82) is 0 Å². The van der Waals surface area contributed by atoms with Gasteiger partial charge in [-0.05, 0) is 31.2 Å². The van der Waals surface area contributed by atoms with E-state index < -0.39 is 0 Å². The van der Waals surface area contributed by atoms with Gasteiger partial charge in [0.1, 0.15) is 5.82 Å². The van der Waals surface area contributed by atoms with Gasteiger partial charge in [0.05, 0.1) is 0 Å². The molecule has 1 nitrogen and oxygen atoms in total. The summed E-state index contributed by atoms with van der Waals surface area (Å²) in [6, 6.07) is 7.22. The van der Waals surface area contributed by atoms with Gasteiger partial charge < -0.3 is 5.32 Å². The molecule has 1 aromatic carbocycles. The molecule has 15 heavy (non-hydrogen) atoms. The van der Waals surface area contributed by atoms with Gasteiger partial charge in [-0.3, -0.25) is 0 Å². The van der Waals surface area contributed by atoms with Crippen molar-refractivity contribution < 1.29 is 4.39 Å². The van der Waals surface area contributed by atoms with E-state index in [1.54, 1.807) is 23.9 Å². The van der Waals surface area contributed by atoms with Crippen LogP contribution in [0.15, 0.2) is 29.2 Å². The Morgan fingerprint density at radius 2 is 2.13 bits per heavy atom. The average molecular weight is 227 g/mol. The third-order valence-electron chi connectivity index (χ3n) is 2.40. The number of benzene rings is 1. The standard InChI is InChI=1S/C12H18FNS/c1-9(2)12(14-3)8-15-11-6-4-5-10(13)7-11/h4-7,9,12,14H,8H2,1-3H3. The Hall–Kier alpha value is -0.540. The van der Waals surface area contributed by atoms with E-state index in [1.807, 2.05) is 13.1 Å². The molecule has 1 N–H and O–H groups in total. The van der Waals surface area contributed by atoms with Crippen molar-refractivity contribution >= 4 is 11.8 Å². The van der Waals surface area contributed by atoms with Crippen LogP contribution >= 0.6 is 11.8 Å². The molecular weight excluding hydrogens is 209 g/mol. The van der Waals surface area contributed by atoms with Crippen LogP contribution in [0, 0.1) is 11.7 Å². The minimum atomic E-state index is -0.162. The number of hydrogen-bond acceptors (Lipinski definition) is 2. The van der Waals surface area contributed by atoms with Crippen molar-refractivity contribution in [1.82, 2.24) is 5.32 Å². The van der Waals surface area contributed by atoms with Gasteiger partial charge in [-0.2, -0.15) is 0 Å². The van der Waals surface area contributed by atoms with E-state index in [0.29, 0.717) is 12.0 Å². The highest BCUT2D eigenvalue weighted by Crippen LogP contribution is 2.21. The van der Waals surface area contributed by atoms with E-state index in [9.17, 15) is 4.39 Å². The van der Waals surface area contributed by atoms with Crippen LogP contribution in [0.1, 0.15) is 13.8 Å². The van der Waals surface area contributed by atoms with Gasteiger partial charge in [-0.25, -0.2) is 4.39 Å². The Morgan fingerprint density at radius 3 is 2.67 bits per heavy atom. The first-order valence-corrected chi connectivity index (χ1v) is 6.17. The van der Waals surface area contributed by atoms with Crippen molar-refractivity contribution in [3.05, 3.63) is 30.1 Å². The molecule has 0 aromatic heterocycles. The molecule has 0 saturated heterocycles. The maximum absolute atomic E-state index is 12.9. The number of thioether (sulfide) groups is 1. The molecule has 84 valence electrons. The summed E-state index contributed by atoms with van der Waals surface area (Å²) in [5.41, 5.74) is 0. The summed E-state index contributed by atoms with van der Waals surface area (Å²) < 4.78 is 12.9. The second kappa shape index (κ2) is 6.13. The molecule has 0 saturated carbocycles. The summed E-state index contributed by atoms with van der Waals surface area (Å²) in [7, 11) is 1.97. The minimum Gasteiger partial charge on any atom is -0.316 e. The minimum absolute atomic E-state index is 0.162.